The highest BCUT2D eigenvalue weighted by Gasteiger charge is 2.32. The second-order valence-corrected chi connectivity index (χ2v) is 6.92. The Morgan fingerprint density at radius 2 is 2.38 bits per heavy atom. The van der Waals surface area contributed by atoms with E-state index < -0.39 is 5.54 Å². The fraction of sp³-hybridized carbons (Fsp3) is 0.312. The lowest BCUT2D eigenvalue weighted by Gasteiger charge is -2.30. The Hall–Kier alpha value is -2.35. The van der Waals surface area contributed by atoms with Gasteiger partial charge >= 0.3 is 0 Å². The van der Waals surface area contributed by atoms with Gasteiger partial charge in [0.2, 0.25) is 5.91 Å². The van der Waals surface area contributed by atoms with E-state index in [0.29, 0.717) is 22.8 Å². The Morgan fingerprint density at radius 1 is 1.54 bits per heavy atom. The van der Waals surface area contributed by atoms with E-state index in [1.165, 1.54) is 17.8 Å². The smallest absolute Gasteiger partial charge is 0.244 e. The molecule has 8 heteroatoms. The molecule has 1 aliphatic heterocycles. The van der Waals surface area contributed by atoms with Gasteiger partial charge in [-0.15, -0.1) is 0 Å². The summed E-state index contributed by atoms with van der Waals surface area (Å²) in [6, 6.07) is 4.52. The summed E-state index contributed by atoms with van der Waals surface area (Å²) < 4.78 is 16.0. The molecule has 0 saturated heterocycles. The molecule has 6 nitrogen and oxygen atoms in total. The number of thioether (sulfide) groups is 1. The van der Waals surface area contributed by atoms with Gasteiger partial charge in [0.15, 0.2) is 5.17 Å². The van der Waals surface area contributed by atoms with Crippen LogP contribution in [0.1, 0.15) is 18.9 Å². The van der Waals surface area contributed by atoms with Gasteiger partial charge < -0.3 is 15.6 Å². The first-order valence-corrected chi connectivity index (χ1v) is 8.48. The first-order chi connectivity index (χ1) is 11.5. The van der Waals surface area contributed by atoms with Crippen molar-refractivity contribution in [3.8, 4) is 0 Å². The quantitative estimate of drug-likeness (QED) is 0.889. The number of aromatic nitrogens is 2. The first kappa shape index (κ1) is 16.5. The molecule has 1 unspecified atom stereocenters. The van der Waals surface area contributed by atoms with Gasteiger partial charge in [-0.3, -0.25) is 9.79 Å². The van der Waals surface area contributed by atoms with E-state index in [-0.39, 0.29) is 18.3 Å². The molecule has 1 amide bonds. The molecule has 0 bridgehead atoms. The number of amides is 1. The molecule has 126 valence electrons. The van der Waals surface area contributed by atoms with Crippen molar-refractivity contribution in [2.24, 2.45) is 10.7 Å². The van der Waals surface area contributed by atoms with Crippen molar-refractivity contribution >= 4 is 28.5 Å². The number of benzene rings is 1. The summed E-state index contributed by atoms with van der Waals surface area (Å²) in [7, 11) is 0. The maximum Gasteiger partial charge on any atom is 0.244 e. The summed E-state index contributed by atoms with van der Waals surface area (Å²) in [6.07, 6.45) is 5.55. The molecule has 3 N–H and O–H groups in total. The molecule has 1 aliphatic rings. The SMILES string of the molecule is CC1(c2cc(NC(=O)Cn3ccnc3)ccc2F)CCSC(N)=N1. The van der Waals surface area contributed by atoms with Crippen molar-refractivity contribution in [3.05, 3.63) is 48.3 Å². The summed E-state index contributed by atoms with van der Waals surface area (Å²) >= 11 is 1.46. The molecule has 0 fully saturated rings. The third-order valence-corrected chi connectivity index (χ3v) is 4.71. The number of imidazole rings is 1. The van der Waals surface area contributed by atoms with Crippen LogP contribution >= 0.6 is 11.8 Å². The van der Waals surface area contributed by atoms with E-state index in [2.05, 4.69) is 15.3 Å². The number of nitrogens with two attached hydrogens (primary N) is 1. The molecule has 2 heterocycles. The zero-order valence-corrected chi connectivity index (χ0v) is 14.0. The van der Waals surface area contributed by atoms with Crippen molar-refractivity contribution in [2.45, 2.75) is 25.4 Å². The number of nitrogens with zero attached hydrogens (tertiary/aromatic N) is 3. The number of halogens is 1. The Morgan fingerprint density at radius 3 is 3.08 bits per heavy atom. The van der Waals surface area contributed by atoms with Crippen LogP contribution in [-0.4, -0.2) is 26.4 Å². The van der Waals surface area contributed by atoms with E-state index in [1.807, 2.05) is 6.92 Å². The third kappa shape index (κ3) is 3.59. The second-order valence-electron chi connectivity index (χ2n) is 5.80. The summed E-state index contributed by atoms with van der Waals surface area (Å²) in [5.74, 6) is 0.217. The molecule has 1 aromatic carbocycles. The number of amidine groups is 1. The Balaban J connectivity index is 1.81. The summed E-state index contributed by atoms with van der Waals surface area (Å²) in [6.45, 7) is 2.00. The van der Waals surface area contributed by atoms with Crippen molar-refractivity contribution in [1.82, 2.24) is 9.55 Å². The minimum atomic E-state index is -0.718. The number of hydrogen-bond donors (Lipinski definition) is 2. The maximum absolute atomic E-state index is 14.3. The van der Waals surface area contributed by atoms with Crippen LogP contribution in [0.4, 0.5) is 10.1 Å². The van der Waals surface area contributed by atoms with Gasteiger partial charge in [0.1, 0.15) is 12.4 Å². The molecule has 1 atom stereocenters. The Labute approximate surface area is 143 Å². The lowest BCUT2D eigenvalue weighted by Crippen LogP contribution is -2.30. The number of rotatable bonds is 4. The Bertz CT molecular complexity index is 777. The van der Waals surface area contributed by atoms with Crippen molar-refractivity contribution < 1.29 is 9.18 Å². The summed E-state index contributed by atoms with van der Waals surface area (Å²) in [4.78, 5) is 20.4. The van der Waals surface area contributed by atoms with Crippen LogP contribution in [0.25, 0.3) is 0 Å². The minimum absolute atomic E-state index is 0.145. The first-order valence-electron chi connectivity index (χ1n) is 7.50. The van der Waals surface area contributed by atoms with Crippen LogP contribution in [0.5, 0.6) is 0 Å². The zero-order valence-electron chi connectivity index (χ0n) is 13.2. The average molecular weight is 347 g/mol. The molecular weight excluding hydrogens is 329 g/mol. The van der Waals surface area contributed by atoms with Crippen LogP contribution < -0.4 is 11.1 Å². The topological polar surface area (TPSA) is 85.3 Å². The van der Waals surface area contributed by atoms with Crippen LogP contribution in [0.2, 0.25) is 0 Å². The van der Waals surface area contributed by atoms with Crippen LogP contribution in [0.15, 0.2) is 41.9 Å². The number of hydrogen-bond acceptors (Lipinski definition) is 5. The summed E-state index contributed by atoms with van der Waals surface area (Å²) in [5.41, 5.74) is 6.06. The molecule has 0 saturated carbocycles. The van der Waals surface area contributed by atoms with E-state index in [9.17, 15) is 9.18 Å². The molecule has 0 radical (unpaired) electrons. The summed E-state index contributed by atoms with van der Waals surface area (Å²) in [5, 5.41) is 3.23. The van der Waals surface area contributed by atoms with Crippen molar-refractivity contribution in [2.75, 3.05) is 11.1 Å². The monoisotopic (exact) mass is 347 g/mol. The van der Waals surface area contributed by atoms with Gasteiger partial charge in [0.25, 0.3) is 0 Å². The minimum Gasteiger partial charge on any atom is -0.379 e. The molecule has 0 aliphatic carbocycles. The highest BCUT2D eigenvalue weighted by atomic mass is 32.2. The predicted molar refractivity (Wildman–Crippen MR) is 93.3 cm³/mol. The highest BCUT2D eigenvalue weighted by Crippen LogP contribution is 2.37. The number of carbonyl (C=O) groups is 1. The molecule has 0 spiro atoms. The van der Waals surface area contributed by atoms with Crippen molar-refractivity contribution in [1.29, 1.82) is 0 Å². The number of aliphatic imine (C=N–C) groups is 1. The van der Waals surface area contributed by atoms with E-state index >= 15 is 0 Å². The van der Waals surface area contributed by atoms with E-state index in [0.717, 1.165) is 5.75 Å². The van der Waals surface area contributed by atoms with Gasteiger partial charge in [0, 0.05) is 29.4 Å². The lowest BCUT2D eigenvalue weighted by molar-refractivity contribution is -0.116. The fourth-order valence-corrected chi connectivity index (χ4v) is 3.62. The number of nitrogens with one attached hydrogen (secondary N) is 1. The van der Waals surface area contributed by atoms with E-state index in [4.69, 9.17) is 5.73 Å². The zero-order chi connectivity index (χ0) is 17.2. The number of anilines is 1. The maximum atomic E-state index is 14.3. The van der Waals surface area contributed by atoms with Gasteiger partial charge in [-0.05, 0) is 31.5 Å². The largest absolute Gasteiger partial charge is 0.379 e. The molecule has 1 aromatic heterocycles. The van der Waals surface area contributed by atoms with Crippen LogP contribution in [0.3, 0.4) is 0 Å². The molecule has 2 aromatic rings. The van der Waals surface area contributed by atoms with Gasteiger partial charge in [0.05, 0.1) is 11.9 Å². The van der Waals surface area contributed by atoms with Gasteiger partial charge in [-0.25, -0.2) is 9.37 Å². The van der Waals surface area contributed by atoms with Gasteiger partial charge in [-0.2, -0.15) is 0 Å². The number of carbonyl (C=O) groups excluding carboxylic acids is 1. The van der Waals surface area contributed by atoms with Crippen LogP contribution in [0, 0.1) is 5.82 Å². The molecule has 3 rings (SSSR count). The standard InChI is InChI=1S/C16H18FN5OS/c1-16(4-7-24-15(18)21-16)12-8-11(2-3-13(12)17)20-14(23)9-22-6-5-19-10-22/h2-3,5-6,8,10H,4,7,9H2,1H3,(H2,18,21)(H,20,23). The molecular formula is C16H18FN5OS. The normalized spacial score (nSPS) is 20.5. The van der Waals surface area contributed by atoms with Crippen molar-refractivity contribution in [3.63, 3.8) is 0 Å². The molecule has 24 heavy (non-hydrogen) atoms. The van der Waals surface area contributed by atoms with Gasteiger partial charge in [-0.1, -0.05) is 11.8 Å². The fourth-order valence-electron chi connectivity index (χ4n) is 2.64. The second kappa shape index (κ2) is 6.64. The van der Waals surface area contributed by atoms with Crippen LogP contribution in [-0.2, 0) is 16.9 Å². The Kier molecular flexibility index (Phi) is 4.57. The third-order valence-electron chi connectivity index (χ3n) is 3.91. The highest BCUT2D eigenvalue weighted by molar-refractivity contribution is 8.13. The lowest BCUT2D eigenvalue weighted by atomic mass is 9.89. The average Bonchev–Trinajstić information content (AvgIpc) is 3.01. The van der Waals surface area contributed by atoms with E-state index in [1.54, 1.807) is 35.4 Å². The predicted octanol–water partition coefficient (Wildman–Crippen LogP) is 2.33.